The van der Waals surface area contributed by atoms with Crippen LogP contribution in [-0.2, 0) is 0 Å². The van der Waals surface area contributed by atoms with E-state index in [1.54, 1.807) is 0 Å². The van der Waals surface area contributed by atoms with Crippen molar-refractivity contribution in [3.63, 3.8) is 0 Å². The van der Waals surface area contributed by atoms with Crippen LogP contribution in [-0.4, -0.2) is 31.1 Å². The molecule has 1 saturated heterocycles. The molecule has 1 aromatic carbocycles. The van der Waals surface area contributed by atoms with Crippen LogP contribution in [0.25, 0.3) is 0 Å². The van der Waals surface area contributed by atoms with Crippen molar-refractivity contribution in [2.24, 2.45) is 0 Å². The van der Waals surface area contributed by atoms with Gasteiger partial charge in [-0.2, -0.15) is 0 Å². The van der Waals surface area contributed by atoms with Crippen molar-refractivity contribution < 1.29 is 9.53 Å². The van der Waals surface area contributed by atoms with Crippen LogP contribution in [0.2, 0.25) is 0 Å². The van der Waals surface area contributed by atoms with E-state index in [-0.39, 0.29) is 30.5 Å². The Hall–Kier alpha value is -1.26. The number of nitrogens with one attached hydrogen (secondary N) is 2. The first kappa shape index (κ1) is 16.8. The Morgan fingerprint density at radius 2 is 2.15 bits per heavy atom. The van der Waals surface area contributed by atoms with E-state index in [0.29, 0.717) is 11.3 Å². The zero-order chi connectivity index (χ0) is 13.7. The molecule has 1 unspecified atom stereocenters. The Kier molecular flexibility index (Phi) is 6.82. The first-order chi connectivity index (χ1) is 9.16. The van der Waals surface area contributed by atoms with Crippen LogP contribution >= 0.6 is 12.4 Å². The maximum Gasteiger partial charge on any atom is 0.255 e. The predicted octanol–water partition coefficient (Wildman–Crippen LogP) is 2.38. The highest BCUT2D eigenvalue weighted by atomic mass is 35.5. The lowest BCUT2D eigenvalue weighted by Gasteiger charge is -2.24. The molecular formula is C15H23ClN2O2. The summed E-state index contributed by atoms with van der Waals surface area (Å²) in [6.45, 7) is 5.80. The van der Waals surface area contributed by atoms with E-state index >= 15 is 0 Å². The molecule has 1 heterocycles. The summed E-state index contributed by atoms with van der Waals surface area (Å²) in [5, 5.41) is 6.36. The molecule has 0 radical (unpaired) electrons. The maximum absolute atomic E-state index is 12.3. The lowest BCUT2D eigenvalue weighted by Crippen LogP contribution is -2.45. The molecule has 2 rings (SSSR count). The Morgan fingerprint density at radius 3 is 2.80 bits per heavy atom. The topological polar surface area (TPSA) is 50.4 Å². The number of para-hydroxylation sites is 1. The van der Waals surface area contributed by atoms with Gasteiger partial charge in [-0.3, -0.25) is 4.79 Å². The van der Waals surface area contributed by atoms with Crippen LogP contribution in [0.15, 0.2) is 24.3 Å². The Labute approximate surface area is 126 Å². The molecule has 1 aromatic rings. The van der Waals surface area contributed by atoms with Gasteiger partial charge in [0.05, 0.1) is 11.7 Å². The number of amides is 1. The molecule has 20 heavy (non-hydrogen) atoms. The summed E-state index contributed by atoms with van der Waals surface area (Å²) >= 11 is 0. The number of ether oxygens (including phenoxy) is 1. The zero-order valence-electron chi connectivity index (χ0n) is 12.0. The molecule has 2 N–H and O–H groups in total. The van der Waals surface area contributed by atoms with Gasteiger partial charge >= 0.3 is 0 Å². The monoisotopic (exact) mass is 298 g/mol. The summed E-state index contributed by atoms with van der Waals surface area (Å²) < 4.78 is 5.68. The SMILES string of the molecule is CC(C)Oc1ccccc1C(=O)NC1CCCNC1.Cl. The molecule has 1 aliphatic rings. The van der Waals surface area contributed by atoms with E-state index in [2.05, 4.69) is 10.6 Å². The number of rotatable bonds is 4. The van der Waals surface area contributed by atoms with E-state index < -0.39 is 0 Å². The van der Waals surface area contributed by atoms with Crippen LogP contribution in [0.3, 0.4) is 0 Å². The number of hydrogen-bond donors (Lipinski definition) is 2. The van der Waals surface area contributed by atoms with Crippen molar-refractivity contribution in [2.75, 3.05) is 13.1 Å². The molecule has 0 saturated carbocycles. The van der Waals surface area contributed by atoms with Crippen LogP contribution < -0.4 is 15.4 Å². The molecule has 5 heteroatoms. The summed E-state index contributed by atoms with van der Waals surface area (Å²) in [6, 6.07) is 7.61. The van der Waals surface area contributed by atoms with E-state index in [0.717, 1.165) is 25.9 Å². The summed E-state index contributed by atoms with van der Waals surface area (Å²) in [4.78, 5) is 12.3. The quantitative estimate of drug-likeness (QED) is 0.897. The summed E-state index contributed by atoms with van der Waals surface area (Å²) in [5.41, 5.74) is 0.613. The third-order valence-electron chi connectivity index (χ3n) is 3.13. The lowest BCUT2D eigenvalue weighted by molar-refractivity contribution is 0.0925. The fourth-order valence-corrected chi connectivity index (χ4v) is 2.25. The standard InChI is InChI=1S/C15H22N2O2.ClH/c1-11(2)19-14-8-4-3-7-13(14)15(18)17-12-6-5-9-16-10-12;/h3-4,7-8,11-12,16H,5-6,9-10H2,1-2H3,(H,17,18);1H. The molecule has 0 spiro atoms. The average Bonchev–Trinajstić information content (AvgIpc) is 2.39. The highest BCUT2D eigenvalue weighted by Crippen LogP contribution is 2.19. The molecule has 4 nitrogen and oxygen atoms in total. The van der Waals surface area contributed by atoms with Crippen LogP contribution in [0.4, 0.5) is 0 Å². The first-order valence-electron chi connectivity index (χ1n) is 6.94. The second-order valence-corrected chi connectivity index (χ2v) is 5.18. The van der Waals surface area contributed by atoms with Gasteiger partial charge in [-0.1, -0.05) is 12.1 Å². The number of piperidine rings is 1. The molecule has 1 atom stereocenters. The fraction of sp³-hybridized carbons (Fsp3) is 0.533. The molecule has 112 valence electrons. The van der Waals surface area contributed by atoms with E-state index in [1.165, 1.54) is 0 Å². The molecule has 1 amide bonds. The largest absolute Gasteiger partial charge is 0.490 e. The van der Waals surface area contributed by atoms with Gasteiger partial charge in [0, 0.05) is 12.6 Å². The minimum absolute atomic E-state index is 0. The third-order valence-corrected chi connectivity index (χ3v) is 3.13. The van der Waals surface area contributed by atoms with Gasteiger partial charge in [0.25, 0.3) is 5.91 Å². The van der Waals surface area contributed by atoms with Crippen molar-refractivity contribution in [3.8, 4) is 5.75 Å². The minimum Gasteiger partial charge on any atom is -0.490 e. The van der Waals surface area contributed by atoms with Gasteiger partial charge in [0.1, 0.15) is 5.75 Å². The van der Waals surface area contributed by atoms with Crippen molar-refractivity contribution in [1.82, 2.24) is 10.6 Å². The summed E-state index contributed by atoms with van der Waals surface area (Å²) in [5.74, 6) is 0.601. The van der Waals surface area contributed by atoms with Gasteiger partial charge in [-0.05, 0) is 45.4 Å². The first-order valence-corrected chi connectivity index (χ1v) is 6.94. The molecule has 0 aliphatic carbocycles. The highest BCUT2D eigenvalue weighted by Gasteiger charge is 2.18. The smallest absolute Gasteiger partial charge is 0.255 e. The molecule has 1 fully saturated rings. The molecule has 0 aromatic heterocycles. The molecule has 1 aliphatic heterocycles. The highest BCUT2D eigenvalue weighted by molar-refractivity contribution is 5.97. The van der Waals surface area contributed by atoms with Crippen LogP contribution in [0, 0.1) is 0 Å². The van der Waals surface area contributed by atoms with Gasteiger partial charge in [0.2, 0.25) is 0 Å². The summed E-state index contributed by atoms with van der Waals surface area (Å²) in [7, 11) is 0. The normalized spacial score (nSPS) is 18.2. The van der Waals surface area contributed by atoms with Crippen molar-refractivity contribution in [2.45, 2.75) is 38.8 Å². The predicted molar refractivity (Wildman–Crippen MR) is 82.8 cm³/mol. The number of benzene rings is 1. The van der Waals surface area contributed by atoms with Crippen LogP contribution in [0.5, 0.6) is 5.75 Å². The summed E-state index contributed by atoms with van der Waals surface area (Å²) in [6.07, 6.45) is 2.20. The van der Waals surface area contributed by atoms with Gasteiger partial charge in [0.15, 0.2) is 0 Å². The molecule has 0 bridgehead atoms. The number of carbonyl (C=O) groups excluding carboxylic acids is 1. The number of hydrogen-bond acceptors (Lipinski definition) is 3. The maximum atomic E-state index is 12.3. The average molecular weight is 299 g/mol. The van der Waals surface area contributed by atoms with E-state index in [1.807, 2.05) is 38.1 Å². The second kappa shape index (κ2) is 8.12. The Bertz CT molecular complexity index is 432. The Balaban J connectivity index is 0.00000200. The van der Waals surface area contributed by atoms with Gasteiger partial charge in [-0.15, -0.1) is 12.4 Å². The van der Waals surface area contributed by atoms with E-state index in [4.69, 9.17) is 4.74 Å². The fourth-order valence-electron chi connectivity index (χ4n) is 2.25. The van der Waals surface area contributed by atoms with Crippen molar-refractivity contribution in [3.05, 3.63) is 29.8 Å². The van der Waals surface area contributed by atoms with Gasteiger partial charge < -0.3 is 15.4 Å². The lowest BCUT2D eigenvalue weighted by atomic mass is 10.1. The minimum atomic E-state index is -0.0510. The number of halogens is 1. The second-order valence-electron chi connectivity index (χ2n) is 5.18. The molecular weight excluding hydrogens is 276 g/mol. The van der Waals surface area contributed by atoms with Crippen molar-refractivity contribution >= 4 is 18.3 Å². The zero-order valence-corrected chi connectivity index (χ0v) is 12.8. The van der Waals surface area contributed by atoms with Crippen LogP contribution in [0.1, 0.15) is 37.0 Å². The van der Waals surface area contributed by atoms with E-state index in [9.17, 15) is 4.79 Å². The van der Waals surface area contributed by atoms with Crippen molar-refractivity contribution in [1.29, 1.82) is 0 Å². The number of carbonyl (C=O) groups is 1. The Morgan fingerprint density at radius 1 is 1.40 bits per heavy atom. The third kappa shape index (κ3) is 4.69. The van der Waals surface area contributed by atoms with Gasteiger partial charge in [-0.25, -0.2) is 0 Å².